The van der Waals surface area contributed by atoms with Crippen LogP contribution in [-0.4, -0.2) is 29.6 Å². The fourth-order valence-electron chi connectivity index (χ4n) is 2.67. The number of nitrogens with zero attached hydrogens (tertiary/aromatic N) is 1. The lowest BCUT2D eigenvalue weighted by Crippen LogP contribution is -2.43. The number of nitrogens with two attached hydrogens (primary N) is 1. The molecule has 0 aromatic heterocycles. The van der Waals surface area contributed by atoms with E-state index in [0.29, 0.717) is 4.75 Å². The van der Waals surface area contributed by atoms with E-state index in [4.69, 9.17) is 17.3 Å². The monoisotopic (exact) mass is 312 g/mol. The molecule has 112 valence electrons. The molecule has 1 fully saturated rings. The first-order chi connectivity index (χ1) is 9.43. The first-order valence-electron chi connectivity index (χ1n) is 7.35. The Morgan fingerprint density at radius 1 is 1.45 bits per heavy atom. The van der Waals surface area contributed by atoms with Gasteiger partial charge in [0.2, 0.25) is 0 Å². The molecule has 0 radical (unpaired) electrons. The Hall–Kier alpha value is -0.380. The summed E-state index contributed by atoms with van der Waals surface area (Å²) in [5.41, 5.74) is 8.63. The van der Waals surface area contributed by atoms with E-state index in [0.717, 1.165) is 31.0 Å². The van der Waals surface area contributed by atoms with E-state index in [2.05, 4.69) is 31.7 Å². The van der Waals surface area contributed by atoms with E-state index in [1.165, 1.54) is 17.0 Å². The second-order valence-corrected chi connectivity index (χ2v) is 8.35. The Morgan fingerprint density at radius 2 is 2.20 bits per heavy atom. The van der Waals surface area contributed by atoms with Crippen molar-refractivity contribution in [1.29, 1.82) is 0 Å². The van der Waals surface area contributed by atoms with E-state index in [9.17, 15) is 0 Å². The maximum absolute atomic E-state index is 6.43. The molecular weight excluding hydrogens is 288 g/mol. The molecule has 4 heteroatoms. The van der Waals surface area contributed by atoms with Crippen LogP contribution in [0.5, 0.6) is 0 Å². The van der Waals surface area contributed by atoms with Crippen molar-refractivity contribution in [2.75, 3.05) is 23.7 Å². The van der Waals surface area contributed by atoms with Crippen LogP contribution in [0, 0.1) is 0 Å². The summed E-state index contributed by atoms with van der Waals surface area (Å²) in [6, 6.07) is 6.40. The maximum Gasteiger partial charge on any atom is 0.0459 e. The van der Waals surface area contributed by atoms with Gasteiger partial charge in [-0.25, -0.2) is 0 Å². The Morgan fingerprint density at radius 3 is 2.85 bits per heavy atom. The van der Waals surface area contributed by atoms with Gasteiger partial charge in [-0.15, -0.1) is 0 Å². The van der Waals surface area contributed by atoms with E-state index >= 15 is 0 Å². The molecule has 0 spiro atoms. The quantitative estimate of drug-likeness (QED) is 0.912. The zero-order valence-corrected chi connectivity index (χ0v) is 14.2. The number of hydrogen-bond donors (Lipinski definition) is 1. The van der Waals surface area contributed by atoms with Crippen LogP contribution < -0.4 is 10.6 Å². The molecule has 1 heterocycles. The molecule has 1 aliphatic heterocycles. The third-order valence-electron chi connectivity index (χ3n) is 3.85. The van der Waals surface area contributed by atoms with Gasteiger partial charge in [-0.3, -0.25) is 0 Å². The first-order valence-corrected chi connectivity index (χ1v) is 8.71. The lowest BCUT2D eigenvalue weighted by atomic mass is 10.0. The van der Waals surface area contributed by atoms with Gasteiger partial charge in [0.1, 0.15) is 0 Å². The molecule has 1 aromatic carbocycles. The van der Waals surface area contributed by atoms with Crippen molar-refractivity contribution in [3.05, 3.63) is 28.8 Å². The minimum atomic E-state index is 0.181. The highest BCUT2D eigenvalue weighted by Crippen LogP contribution is 2.35. The first kappa shape index (κ1) is 16.0. The lowest BCUT2D eigenvalue weighted by molar-refractivity contribution is 0.629. The van der Waals surface area contributed by atoms with Gasteiger partial charge in [-0.05, 0) is 44.4 Å². The van der Waals surface area contributed by atoms with Crippen molar-refractivity contribution >= 4 is 29.1 Å². The van der Waals surface area contributed by atoms with Gasteiger partial charge in [-0.1, -0.05) is 24.6 Å². The van der Waals surface area contributed by atoms with Crippen molar-refractivity contribution in [3.63, 3.8) is 0 Å². The molecule has 2 N–H and O–H groups in total. The van der Waals surface area contributed by atoms with Gasteiger partial charge < -0.3 is 10.6 Å². The zero-order chi connectivity index (χ0) is 14.8. The zero-order valence-electron chi connectivity index (χ0n) is 12.7. The standard InChI is InChI=1S/C16H25ClN2S/c1-4-12(18)10-13-14(17)6-5-7-15(13)19-8-9-20-16(2,3)11-19/h5-7,12H,4,8-11,18H2,1-3H3. The van der Waals surface area contributed by atoms with Crippen LogP contribution in [0.25, 0.3) is 0 Å². The van der Waals surface area contributed by atoms with Crippen LogP contribution in [0.2, 0.25) is 5.02 Å². The topological polar surface area (TPSA) is 29.3 Å². The van der Waals surface area contributed by atoms with Gasteiger partial charge in [0.15, 0.2) is 0 Å². The van der Waals surface area contributed by atoms with E-state index in [1.807, 2.05) is 23.9 Å². The Kier molecular flexibility index (Phi) is 5.27. The summed E-state index contributed by atoms with van der Waals surface area (Å²) in [6.07, 6.45) is 1.83. The fraction of sp³-hybridized carbons (Fsp3) is 0.625. The largest absolute Gasteiger partial charge is 0.369 e. The molecule has 0 bridgehead atoms. The number of halogens is 1. The number of rotatable bonds is 4. The van der Waals surface area contributed by atoms with E-state index in [-0.39, 0.29) is 6.04 Å². The minimum Gasteiger partial charge on any atom is -0.369 e. The van der Waals surface area contributed by atoms with Gasteiger partial charge in [0.05, 0.1) is 0 Å². The van der Waals surface area contributed by atoms with E-state index < -0.39 is 0 Å². The Balaban J connectivity index is 2.28. The van der Waals surface area contributed by atoms with Crippen LogP contribution in [0.4, 0.5) is 5.69 Å². The summed E-state index contributed by atoms with van der Waals surface area (Å²) in [5, 5.41) is 0.849. The van der Waals surface area contributed by atoms with Crippen LogP contribution in [0.1, 0.15) is 32.8 Å². The van der Waals surface area contributed by atoms with Crippen molar-refractivity contribution in [1.82, 2.24) is 0 Å². The number of anilines is 1. The van der Waals surface area contributed by atoms with Gasteiger partial charge in [0.25, 0.3) is 0 Å². The molecule has 2 nitrogen and oxygen atoms in total. The van der Waals surface area contributed by atoms with Crippen molar-refractivity contribution in [3.8, 4) is 0 Å². The molecule has 1 saturated heterocycles. The highest BCUT2D eigenvalue weighted by atomic mass is 35.5. The maximum atomic E-state index is 6.43. The van der Waals surface area contributed by atoms with Crippen LogP contribution >= 0.6 is 23.4 Å². The van der Waals surface area contributed by atoms with Crippen molar-refractivity contribution < 1.29 is 0 Å². The summed E-state index contributed by atoms with van der Waals surface area (Å²) in [7, 11) is 0. The van der Waals surface area contributed by atoms with Gasteiger partial charge >= 0.3 is 0 Å². The van der Waals surface area contributed by atoms with E-state index in [1.54, 1.807) is 0 Å². The molecular formula is C16H25ClN2S. The number of thioether (sulfide) groups is 1. The third kappa shape index (κ3) is 3.84. The molecule has 2 rings (SSSR count). The Bertz CT molecular complexity index is 462. The van der Waals surface area contributed by atoms with Crippen LogP contribution in [0.15, 0.2) is 18.2 Å². The molecule has 0 saturated carbocycles. The second-order valence-electron chi connectivity index (χ2n) is 6.14. The van der Waals surface area contributed by atoms with Crippen molar-refractivity contribution in [2.45, 2.75) is 44.4 Å². The highest BCUT2D eigenvalue weighted by Gasteiger charge is 2.28. The van der Waals surface area contributed by atoms with Gasteiger partial charge in [0, 0.05) is 40.3 Å². The predicted octanol–water partition coefficient (Wildman–Crippen LogP) is 3.95. The summed E-state index contributed by atoms with van der Waals surface area (Å²) >= 11 is 8.48. The third-order valence-corrected chi connectivity index (χ3v) is 5.50. The molecule has 1 unspecified atom stereocenters. The molecule has 0 amide bonds. The lowest BCUT2D eigenvalue weighted by Gasteiger charge is -2.40. The average Bonchev–Trinajstić information content (AvgIpc) is 2.39. The number of benzene rings is 1. The summed E-state index contributed by atoms with van der Waals surface area (Å²) in [5.74, 6) is 1.17. The van der Waals surface area contributed by atoms with Gasteiger partial charge in [-0.2, -0.15) is 11.8 Å². The molecule has 20 heavy (non-hydrogen) atoms. The summed E-state index contributed by atoms with van der Waals surface area (Å²) in [6.45, 7) is 8.90. The predicted molar refractivity (Wildman–Crippen MR) is 92.2 cm³/mol. The molecule has 1 aromatic rings. The normalized spacial score (nSPS) is 19.9. The van der Waals surface area contributed by atoms with Crippen LogP contribution in [0.3, 0.4) is 0 Å². The highest BCUT2D eigenvalue weighted by molar-refractivity contribution is 8.00. The minimum absolute atomic E-state index is 0.181. The number of hydrogen-bond acceptors (Lipinski definition) is 3. The smallest absolute Gasteiger partial charge is 0.0459 e. The van der Waals surface area contributed by atoms with Crippen LogP contribution in [-0.2, 0) is 6.42 Å². The Labute approximate surface area is 132 Å². The second kappa shape index (κ2) is 6.59. The molecule has 0 aliphatic carbocycles. The fourth-order valence-corrected chi connectivity index (χ4v) is 4.03. The average molecular weight is 313 g/mol. The SMILES string of the molecule is CCC(N)Cc1c(Cl)cccc1N1CCSC(C)(C)C1. The molecule has 1 atom stereocenters. The summed E-state index contributed by atoms with van der Waals surface area (Å²) in [4.78, 5) is 2.47. The molecule has 1 aliphatic rings. The van der Waals surface area contributed by atoms with Crippen molar-refractivity contribution in [2.24, 2.45) is 5.73 Å². The summed E-state index contributed by atoms with van der Waals surface area (Å²) < 4.78 is 0.296.